The lowest BCUT2D eigenvalue weighted by molar-refractivity contribution is 0.0473. The van der Waals surface area contributed by atoms with Crippen molar-refractivity contribution in [1.82, 2.24) is 9.72 Å². The third-order valence-corrected chi connectivity index (χ3v) is 6.74. The highest BCUT2D eigenvalue weighted by Crippen LogP contribution is 2.34. The molecule has 0 N–H and O–H groups in total. The van der Waals surface area contributed by atoms with Gasteiger partial charge in [0.25, 0.3) is 0 Å². The molecule has 38 heavy (non-hydrogen) atoms. The fraction of sp³-hybridized carbons (Fsp3) is 0.250. The molecule has 0 bridgehead atoms. The summed E-state index contributed by atoms with van der Waals surface area (Å²) < 4.78 is 38.7. The van der Waals surface area contributed by atoms with E-state index in [0.29, 0.717) is 35.9 Å². The Morgan fingerprint density at radius 3 is 2.66 bits per heavy atom. The molecule has 0 saturated carbocycles. The molecule has 4 aromatic rings. The van der Waals surface area contributed by atoms with Crippen LogP contribution in [0.25, 0.3) is 11.3 Å². The van der Waals surface area contributed by atoms with Crippen LogP contribution in [-0.2, 0) is 11.3 Å². The molecule has 0 unspecified atom stereocenters. The minimum absolute atomic E-state index is 0.0618. The third-order valence-electron chi connectivity index (χ3n) is 6.43. The standard InChI is InChI=1S/C28H24ClFN2O6/c1-15-11-19(16(2)32(15)12-18-13-35-23-9-4-5-10-24(23)37-18)22(33)14-36-28(34)25-17(3)38-31-27(25)26-20(29)7-6-8-21(26)30/h4-11,18H,12-14H2,1-3H3/t18-/m0/s1. The summed E-state index contributed by atoms with van der Waals surface area (Å²) in [7, 11) is 0. The molecule has 0 spiro atoms. The van der Waals surface area contributed by atoms with Crippen LogP contribution in [0.1, 0.15) is 37.9 Å². The molecule has 0 fully saturated rings. The number of carbonyl (C=O) groups is 2. The number of aryl methyl sites for hydroxylation is 2. The zero-order valence-electron chi connectivity index (χ0n) is 20.9. The van der Waals surface area contributed by atoms with Gasteiger partial charge in [0.1, 0.15) is 29.4 Å². The van der Waals surface area contributed by atoms with E-state index in [0.717, 1.165) is 5.69 Å². The highest BCUT2D eigenvalue weighted by atomic mass is 35.5. The molecule has 2 aromatic heterocycles. The summed E-state index contributed by atoms with van der Waals surface area (Å²) in [6, 6.07) is 13.3. The molecule has 8 nitrogen and oxygen atoms in total. The first kappa shape index (κ1) is 25.5. The first-order valence-electron chi connectivity index (χ1n) is 11.9. The predicted molar refractivity (Wildman–Crippen MR) is 137 cm³/mol. The Labute approximate surface area is 222 Å². The van der Waals surface area contributed by atoms with Gasteiger partial charge in [0.15, 0.2) is 24.2 Å². The van der Waals surface area contributed by atoms with Crippen molar-refractivity contribution in [3.05, 3.63) is 87.6 Å². The molecule has 0 saturated heterocycles. The van der Waals surface area contributed by atoms with Gasteiger partial charge >= 0.3 is 5.97 Å². The summed E-state index contributed by atoms with van der Waals surface area (Å²) in [6.07, 6.45) is -0.240. The number of rotatable bonds is 7. The molecular formula is C28H24ClFN2O6. The summed E-state index contributed by atoms with van der Waals surface area (Å²) in [4.78, 5) is 26.0. The number of hydrogen-bond donors (Lipinski definition) is 0. The lowest BCUT2D eigenvalue weighted by atomic mass is 10.1. The van der Waals surface area contributed by atoms with E-state index in [1.807, 2.05) is 42.7 Å². The SMILES string of the molecule is Cc1onc(-c2c(F)cccc2Cl)c1C(=O)OCC(=O)c1cc(C)n(C[C@H]2COc3ccccc3O2)c1C. The van der Waals surface area contributed by atoms with Crippen molar-refractivity contribution in [2.75, 3.05) is 13.2 Å². The van der Waals surface area contributed by atoms with Crippen LogP contribution in [0.15, 0.2) is 53.1 Å². The van der Waals surface area contributed by atoms with Crippen LogP contribution >= 0.6 is 11.6 Å². The quantitative estimate of drug-likeness (QED) is 0.219. The minimum atomic E-state index is -0.869. The number of ether oxygens (including phenoxy) is 3. The van der Waals surface area contributed by atoms with Gasteiger partial charge in [-0.05, 0) is 51.1 Å². The molecule has 0 aliphatic carbocycles. The summed E-state index contributed by atoms with van der Waals surface area (Å²) in [5.74, 6) is -0.430. The Hall–Kier alpha value is -4.11. The normalized spacial score (nSPS) is 14.4. The second-order valence-electron chi connectivity index (χ2n) is 8.95. The minimum Gasteiger partial charge on any atom is -0.486 e. The molecule has 2 aromatic carbocycles. The maximum Gasteiger partial charge on any atom is 0.344 e. The van der Waals surface area contributed by atoms with Crippen LogP contribution in [0.2, 0.25) is 5.02 Å². The van der Waals surface area contributed by atoms with E-state index in [2.05, 4.69) is 5.16 Å². The molecule has 0 amide bonds. The van der Waals surface area contributed by atoms with E-state index in [1.54, 1.807) is 6.07 Å². The first-order chi connectivity index (χ1) is 18.2. The van der Waals surface area contributed by atoms with Crippen LogP contribution in [0, 0.1) is 26.6 Å². The number of ketones is 1. The van der Waals surface area contributed by atoms with Gasteiger partial charge in [-0.1, -0.05) is 35.0 Å². The van der Waals surface area contributed by atoms with E-state index in [4.69, 9.17) is 30.3 Å². The van der Waals surface area contributed by atoms with Crippen LogP contribution in [-0.4, -0.2) is 40.8 Å². The van der Waals surface area contributed by atoms with Crippen LogP contribution in [0.3, 0.4) is 0 Å². The van der Waals surface area contributed by atoms with Gasteiger partial charge in [0.05, 0.1) is 17.1 Å². The van der Waals surface area contributed by atoms with Gasteiger partial charge in [-0.2, -0.15) is 0 Å². The lowest BCUT2D eigenvalue weighted by Gasteiger charge is -2.27. The van der Waals surface area contributed by atoms with E-state index in [9.17, 15) is 14.0 Å². The summed E-state index contributed by atoms with van der Waals surface area (Å²) in [5.41, 5.74) is 1.73. The number of aromatic nitrogens is 2. The maximum absolute atomic E-state index is 14.5. The maximum atomic E-state index is 14.5. The number of fused-ring (bicyclic) bond motifs is 1. The number of para-hydroxylation sites is 2. The second-order valence-corrected chi connectivity index (χ2v) is 9.36. The number of esters is 1. The molecule has 196 valence electrons. The zero-order chi connectivity index (χ0) is 27.0. The molecule has 1 atom stereocenters. The van der Waals surface area contributed by atoms with Crippen molar-refractivity contribution in [3.8, 4) is 22.8 Å². The van der Waals surface area contributed by atoms with Crippen molar-refractivity contribution in [2.45, 2.75) is 33.4 Å². The van der Waals surface area contributed by atoms with Gasteiger partial charge in [-0.15, -0.1) is 0 Å². The third kappa shape index (κ3) is 4.77. The second kappa shape index (κ2) is 10.3. The number of carbonyl (C=O) groups excluding carboxylic acids is 2. The summed E-state index contributed by atoms with van der Waals surface area (Å²) >= 11 is 6.14. The fourth-order valence-electron chi connectivity index (χ4n) is 4.51. The van der Waals surface area contributed by atoms with Crippen molar-refractivity contribution in [1.29, 1.82) is 0 Å². The molecule has 0 radical (unpaired) electrons. The number of benzene rings is 2. The Morgan fingerprint density at radius 2 is 1.89 bits per heavy atom. The zero-order valence-corrected chi connectivity index (χ0v) is 21.7. The molecular weight excluding hydrogens is 515 g/mol. The monoisotopic (exact) mass is 538 g/mol. The van der Waals surface area contributed by atoms with Crippen LogP contribution < -0.4 is 9.47 Å². The van der Waals surface area contributed by atoms with Gasteiger partial charge in [-0.3, -0.25) is 4.79 Å². The van der Waals surface area contributed by atoms with Crippen molar-refractivity contribution >= 4 is 23.4 Å². The highest BCUT2D eigenvalue weighted by Gasteiger charge is 2.28. The van der Waals surface area contributed by atoms with E-state index < -0.39 is 18.4 Å². The predicted octanol–water partition coefficient (Wildman–Crippen LogP) is 5.74. The molecule has 1 aliphatic rings. The largest absolute Gasteiger partial charge is 0.486 e. The molecule has 10 heteroatoms. The van der Waals surface area contributed by atoms with Gasteiger partial charge in [-0.25, -0.2) is 9.18 Å². The Bertz CT molecular complexity index is 1520. The molecule has 3 heterocycles. The highest BCUT2D eigenvalue weighted by molar-refractivity contribution is 6.33. The number of nitrogens with zero attached hydrogens (tertiary/aromatic N) is 2. The smallest absolute Gasteiger partial charge is 0.344 e. The van der Waals surface area contributed by atoms with Crippen LogP contribution in [0.4, 0.5) is 4.39 Å². The number of Topliss-reactive ketones (excluding diaryl/α,β-unsaturated/α-hetero) is 1. The number of hydrogen-bond acceptors (Lipinski definition) is 7. The Kier molecular flexibility index (Phi) is 6.94. The van der Waals surface area contributed by atoms with Gasteiger partial charge in [0, 0.05) is 17.0 Å². The van der Waals surface area contributed by atoms with Crippen molar-refractivity contribution in [3.63, 3.8) is 0 Å². The average molecular weight is 539 g/mol. The van der Waals surface area contributed by atoms with Crippen LogP contribution in [0.5, 0.6) is 11.5 Å². The Balaban J connectivity index is 1.29. The lowest BCUT2D eigenvalue weighted by Crippen LogP contribution is -2.33. The summed E-state index contributed by atoms with van der Waals surface area (Å²) in [5, 5.41) is 3.86. The van der Waals surface area contributed by atoms with Gasteiger partial charge < -0.3 is 23.3 Å². The molecule has 5 rings (SSSR count). The van der Waals surface area contributed by atoms with E-state index >= 15 is 0 Å². The van der Waals surface area contributed by atoms with Gasteiger partial charge in [0.2, 0.25) is 5.78 Å². The van der Waals surface area contributed by atoms with Crippen molar-refractivity contribution in [2.24, 2.45) is 0 Å². The topological polar surface area (TPSA) is 92.8 Å². The van der Waals surface area contributed by atoms with E-state index in [-0.39, 0.29) is 39.5 Å². The van der Waals surface area contributed by atoms with Crippen molar-refractivity contribution < 1.29 is 32.7 Å². The average Bonchev–Trinajstić information content (AvgIpc) is 3.41. The Morgan fingerprint density at radius 1 is 1.13 bits per heavy atom. The molecule has 1 aliphatic heterocycles. The van der Waals surface area contributed by atoms with E-state index in [1.165, 1.54) is 25.1 Å². The first-order valence-corrected chi connectivity index (χ1v) is 12.3. The number of halogens is 2. The fourth-order valence-corrected chi connectivity index (χ4v) is 4.76. The summed E-state index contributed by atoms with van der Waals surface area (Å²) in [6.45, 7) is 5.54.